The second-order valence-electron chi connectivity index (χ2n) is 14.1. The van der Waals surface area contributed by atoms with E-state index in [-0.39, 0.29) is 42.7 Å². The molecule has 6 atom stereocenters. The van der Waals surface area contributed by atoms with Crippen molar-refractivity contribution in [3.8, 4) is 5.75 Å². The lowest BCUT2D eigenvalue weighted by molar-refractivity contribution is -0.300. The van der Waals surface area contributed by atoms with E-state index in [2.05, 4.69) is 12.1 Å². The third-order valence-corrected chi connectivity index (χ3v) is 10.5. The fourth-order valence-electron chi connectivity index (χ4n) is 8.34. The molecule has 2 aromatic rings. The van der Waals surface area contributed by atoms with Gasteiger partial charge in [-0.3, -0.25) is 4.79 Å². The van der Waals surface area contributed by atoms with Crippen molar-refractivity contribution in [1.82, 2.24) is 0 Å². The third-order valence-electron chi connectivity index (χ3n) is 10.5. The van der Waals surface area contributed by atoms with E-state index in [1.165, 1.54) is 11.1 Å². The molecule has 5 rings (SSSR count). The summed E-state index contributed by atoms with van der Waals surface area (Å²) in [4.78, 5) is 12.1. The minimum Gasteiger partial charge on any atom is -0.489 e. The van der Waals surface area contributed by atoms with E-state index in [4.69, 9.17) is 9.47 Å². The topological polar surface area (TPSA) is 55.8 Å². The maximum Gasteiger partial charge on any atom is 0.417 e. The van der Waals surface area contributed by atoms with Crippen LogP contribution in [0.4, 0.5) is 13.2 Å². The van der Waals surface area contributed by atoms with Crippen LogP contribution in [-0.4, -0.2) is 29.5 Å². The lowest BCUT2D eigenvalue weighted by Crippen LogP contribution is -2.58. The normalized spacial score (nSPS) is 30.7. The Bertz CT molecular complexity index is 1250. The second kappa shape index (κ2) is 11.5. The van der Waals surface area contributed by atoms with Gasteiger partial charge in [0.05, 0.1) is 12.0 Å². The van der Waals surface area contributed by atoms with Crippen LogP contribution >= 0.6 is 0 Å². The number of carbonyl (C=O) groups is 1. The predicted octanol–water partition coefficient (Wildman–Crippen LogP) is 8.40. The summed E-state index contributed by atoms with van der Waals surface area (Å²) >= 11 is 0. The van der Waals surface area contributed by atoms with E-state index >= 15 is 0 Å². The van der Waals surface area contributed by atoms with Gasteiger partial charge in [0.1, 0.15) is 12.4 Å². The number of aryl methyl sites for hydroxylation is 1. The number of ether oxygens (including phenoxy) is 2. The molecule has 2 aromatic carbocycles. The van der Waals surface area contributed by atoms with E-state index in [1.807, 2.05) is 36.4 Å². The van der Waals surface area contributed by atoms with E-state index in [1.54, 1.807) is 27.7 Å². The maximum absolute atomic E-state index is 14.6. The lowest BCUT2D eigenvalue weighted by atomic mass is 9.52. The quantitative estimate of drug-likeness (QED) is 0.249. The number of hydrogen-bond acceptors (Lipinski definition) is 4. The molecule has 230 valence electrons. The standard InChI is InChI=1S/C35H45F3O4/c1-32(2,3)31(39)41-19-9-8-12-25-21-34(40,35(36,37)38)33(4)18-17-28-27-16-14-26(42-22-23-10-6-5-7-11-23)20-24(27)13-15-29(28)30(25)33/h5-7,10-11,14,16,20,25,28-30,40H,8-9,12-13,15,17-19,21-22H2,1-4H3/t25-,28?,29?,30?,33+,34+/m1/s1. The predicted molar refractivity (Wildman–Crippen MR) is 156 cm³/mol. The highest BCUT2D eigenvalue weighted by atomic mass is 19.4. The molecular weight excluding hydrogens is 541 g/mol. The van der Waals surface area contributed by atoms with Crippen LogP contribution in [0.25, 0.3) is 0 Å². The number of aliphatic hydroxyl groups is 1. The Morgan fingerprint density at radius 2 is 1.79 bits per heavy atom. The number of benzene rings is 2. The number of alkyl halides is 3. The molecule has 2 fully saturated rings. The zero-order valence-corrected chi connectivity index (χ0v) is 25.3. The maximum atomic E-state index is 14.6. The largest absolute Gasteiger partial charge is 0.489 e. The first-order valence-corrected chi connectivity index (χ1v) is 15.5. The average Bonchev–Trinajstić information content (AvgIpc) is 3.18. The molecule has 2 saturated carbocycles. The molecule has 0 spiro atoms. The van der Waals surface area contributed by atoms with Crippen molar-refractivity contribution in [3.63, 3.8) is 0 Å². The highest BCUT2D eigenvalue weighted by Crippen LogP contribution is 2.69. The third kappa shape index (κ3) is 5.70. The summed E-state index contributed by atoms with van der Waals surface area (Å²) < 4.78 is 55.1. The fourth-order valence-corrected chi connectivity index (χ4v) is 8.34. The highest BCUT2D eigenvalue weighted by Gasteiger charge is 2.73. The number of hydrogen-bond donors (Lipinski definition) is 1. The Morgan fingerprint density at radius 3 is 2.48 bits per heavy atom. The zero-order valence-electron chi connectivity index (χ0n) is 25.3. The summed E-state index contributed by atoms with van der Waals surface area (Å²) in [6.07, 6.45) is -0.465. The van der Waals surface area contributed by atoms with Crippen molar-refractivity contribution in [1.29, 1.82) is 0 Å². The number of halogens is 3. The molecule has 3 aliphatic rings. The monoisotopic (exact) mass is 586 g/mol. The van der Waals surface area contributed by atoms with Crippen molar-refractivity contribution in [2.75, 3.05) is 6.61 Å². The van der Waals surface area contributed by atoms with E-state index in [0.29, 0.717) is 38.7 Å². The van der Waals surface area contributed by atoms with Crippen LogP contribution in [0.5, 0.6) is 5.75 Å². The molecule has 0 bridgehead atoms. The molecule has 1 N–H and O–H groups in total. The average molecular weight is 587 g/mol. The van der Waals surface area contributed by atoms with Crippen molar-refractivity contribution < 1.29 is 32.5 Å². The summed E-state index contributed by atoms with van der Waals surface area (Å²) in [5.41, 5.74) is -0.930. The van der Waals surface area contributed by atoms with Gasteiger partial charge in [-0.25, -0.2) is 0 Å². The van der Waals surface area contributed by atoms with Gasteiger partial charge in [0.2, 0.25) is 0 Å². The van der Waals surface area contributed by atoms with Gasteiger partial charge in [-0.2, -0.15) is 13.2 Å². The Morgan fingerprint density at radius 1 is 1.05 bits per heavy atom. The van der Waals surface area contributed by atoms with Gasteiger partial charge in [0.25, 0.3) is 0 Å². The molecule has 0 radical (unpaired) electrons. The molecule has 7 heteroatoms. The van der Waals surface area contributed by atoms with Crippen LogP contribution in [0, 0.1) is 28.6 Å². The van der Waals surface area contributed by atoms with Gasteiger partial charge >= 0.3 is 12.1 Å². The van der Waals surface area contributed by atoms with Gasteiger partial charge < -0.3 is 14.6 Å². The Kier molecular flexibility index (Phi) is 8.47. The first-order valence-electron chi connectivity index (χ1n) is 15.5. The van der Waals surface area contributed by atoms with E-state index < -0.39 is 22.6 Å². The van der Waals surface area contributed by atoms with E-state index in [0.717, 1.165) is 24.2 Å². The lowest BCUT2D eigenvalue weighted by Gasteiger charge is -2.54. The molecule has 0 saturated heterocycles. The molecular formula is C35H45F3O4. The highest BCUT2D eigenvalue weighted by molar-refractivity contribution is 5.75. The van der Waals surface area contributed by atoms with Crippen LogP contribution in [0.15, 0.2) is 48.5 Å². The molecule has 42 heavy (non-hydrogen) atoms. The van der Waals surface area contributed by atoms with Crippen molar-refractivity contribution in [2.24, 2.45) is 28.6 Å². The smallest absolute Gasteiger partial charge is 0.417 e. The van der Waals surface area contributed by atoms with Crippen LogP contribution in [0.2, 0.25) is 0 Å². The molecule has 0 aliphatic heterocycles. The Labute approximate surface area is 248 Å². The second-order valence-corrected chi connectivity index (χ2v) is 14.1. The van der Waals surface area contributed by atoms with Crippen LogP contribution in [0.1, 0.15) is 95.2 Å². The number of fused-ring (bicyclic) bond motifs is 5. The van der Waals surface area contributed by atoms with Gasteiger partial charge in [0, 0.05) is 5.41 Å². The molecule has 0 amide bonds. The van der Waals surface area contributed by atoms with Gasteiger partial charge in [0.15, 0.2) is 5.60 Å². The fraction of sp³-hybridized carbons (Fsp3) is 0.629. The molecule has 0 heterocycles. The van der Waals surface area contributed by atoms with Gasteiger partial charge in [-0.05, 0) is 125 Å². The number of unbranched alkanes of at least 4 members (excludes halogenated alkanes) is 1. The molecule has 3 unspecified atom stereocenters. The summed E-state index contributed by atoms with van der Waals surface area (Å²) in [6.45, 7) is 7.84. The van der Waals surface area contributed by atoms with Crippen LogP contribution in [-0.2, 0) is 22.6 Å². The minimum absolute atomic E-state index is 0.0902. The Balaban J connectivity index is 1.32. The summed E-state index contributed by atoms with van der Waals surface area (Å²) in [5.74, 6) is 0.360. The first-order chi connectivity index (χ1) is 19.7. The molecule has 3 aliphatic carbocycles. The number of esters is 1. The number of carbonyl (C=O) groups excluding carboxylic acids is 1. The van der Waals surface area contributed by atoms with Gasteiger partial charge in [-0.15, -0.1) is 0 Å². The van der Waals surface area contributed by atoms with Crippen LogP contribution < -0.4 is 4.74 Å². The van der Waals surface area contributed by atoms with Crippen molar-refractivity contribution >= 4 is 5.97 Å². The van der Waals surface area contributed by atoms with Crippen molar-refractivity contribution in [2.45, 2.75) is 103 Å². The van der Waals surface area contributed by atoms with Crippen LogP contribution in [0.3, 0.4) is 0 Å². The zero-order chi connectivity index (χ0) is 30.3. The summed E-state index contributed by atoms with van der Waals surface area (Å²) in [5, 5.41) is 11.4. The molecule has 0 aromatic heterocycles. The molecule has 4 nitrogen and oxygen atoms in total. The first kappa shape index (κ1) is 30.9. The summed E-state index contributed by atoms with van der Waals surface area (Å²) in [6, 6.07) is 16.2. The van der Waals surface area contributed by atoms with Crippen molar-refractivity contribution in [3.05, 3.63) is 65.2 Å². The summed E-state index contributed by atoms with van der Waals surface area (Å²) in [7, 11) is 0. The minimum atomic E-state index is -4.68. The SMILES string of the molecule is CC(C)(C)C(=O)OCCCC[C@@H]1C[C@@](O)(C(F)(F)F)[C@@]2(C)CCC3c4ccc(OCc5ccccc5)cc4CCC3C12. The van der Waals surface area contributed by atoms with E-state index in [9.17, 15) is 23.1 Å². The van der Waals surface area contributed by atoms with Gasteiger partial charge in [-0.1, -0.05) is 43.3 Å². The number of rotatable bonds is 8. The Hall–Kier alpha value is -2.54.